The van der Waals surface area contributed by atoms with Gasteiger partial charge >= 0.3 is 0 Å². The van der Waals surface area contributed by atoms with Crippen LogP contribution in [0.2, 0.25) is 0 Å². The Labute approximate surface area is 194 Å². The zero-order valence-corrected chi connectivity index (χ0v) is 18.8. The van der Waals surface area contributed by atoms with Crippen molar-refractivity contribution in [2.75, 3.05) is 5.32 Å². The molecule has 2 atom stereocenters. The number of nitrogens with one attached hydrogen (secondary N) is 2. The van der Waals surface area contributed by atoms with Crippen LogP contribution in [0, 0.1) is 5.92 Å². The minimum atomic E-state index is 0. The summed E-state index contributed by atoms with van der Waals surface area (Å²) in [6.45, 7) is 0. The molecule has 1 amide bonds. The summed E-state index contributed by atoms with van der Waals surface area (Å²) in [5.41, 5.74) is 1.66. The molecule has 7 heteroatoms. The number of nitrogens with zero attached hydrogens (tertiary/aromatic N) is 1. The number of hydrogen-bond donors (Lipinski definition) is 2. The van der Waals surface area contributed by atoms with Crippen molar-refractivity contribution in [1.29, 1.82) is 0 Å². The molecule has 3 aromatic rings. The molecule has 2 aliphatic heterocycles. The maximum absolute atomic E-state index is 12.6. The molecule has 5 rings (SSSR count). The fourth-order valence-electron chi connectivity index (χ4n) is 4.74. The Hall–Kier alpha value is -2.34. The Balaban J connectivity index is 0.00000136. The van der Waals surface area contributed by atoms with Crippen LogP contribution < -0.4 is 15.4 Å². The minimum Gasteiger partial charge on any atom is -0.457 e. The number of pyridine rings is 1. The van der Waals surface area contributed by atoms with E-state index in [2.05, 4.69) is 15.6 Å². The van der Waals surface area contributed by atoms with E-state index in [0.29, 0.717) is 30.2 Å². The lowest BCUT2D eigenvalue weighted by Crippen LogP contribution is -2.39. The Morgan fingerprint density at radius 3 is 2.61 bits per heavy atom. The number of para-hydroxylation sites is 1. The average Bonchev–Trinajstić information content (AvgIpc) is 3.06. The third-order valence-electron chi connectivity index (χ3n) is 6.00. The molecule has 31 heavy (non-hydrogen) atoms. The van der Waals surface area contributed by atoms with Gasteiger partial charge < -0.3 is 15.4 Å². The summed E-state index contributed by atoms with van der Waals surface area (Å²) in [7, 11) is 0. The van der Waals surface area contributed by atoms with E-state index in [-0.39, 0.29) is 30.7 Å². The molecule has 164 valence electrons. The van der Waals surface area contributed by atoms with Crippen LogP contribution >= 0.6 is 24.8 Å². The molecule has 0 aliphatic carbocycles. The highest BCUT2D eigenvalue weighted by Crippen LogP contribution is 2.33. The first-order chi connectivity index (χ1) is 14.2. The zero-order valence-electron chi connectivity index (χ0n) is 17.1. The van der Waals surface area contributed by atoms with Gasteiger partial charge in [0.2, 0.25) is 5.91 Å². The molecule has 2 aromatic carbocycles. The van der Waals surface area contributed by atoms with Gasteiger partial charge in [0.15, 0.2) is 0 Å². The maximum Gasteiger partial charge on any atom is 0.224 e. The number of piperidine rings is 1. The molecule has 1 aromatic heterocycles. The normalized spacial score (nSPS) is 21.6. The molecular weight excluding hydrogens is 433 g/mol. The monoisotopic (exact) mass is 459 g/mol. The fraction of sp³-hybridized carbons (Fsp3) is 0.333. The Morgan fingerprint density at radius 2 is 1.81 bits per heavy atom. The summed E-state index contributed by atoms with van der Waals surface area (Å²) in [4.78, 5) is 16.9. The van der Waals surface area contributed by atoms with Gasteiger partial charge in [-0.05, 0) is 61.9 Å². The highest BCUT2D eigenvalue weighted by atomic mass is 35.5. The molecule has 2 N–H and O–H groups in total. The lowest BCUT2D eigenvalue weighted by atomic mass is 9.89. The molecule has 0 saturated carbocycles. The number of rotatable bonds is 5. The standard InChI is InChI=1S/C24H25N3O2.2ClH/c28-24(14-16-12-18-8-9-19(13-16)26-18)27-17-4-3-5-20(15-17)29-23-10-11-25-22-7-2-1-6-21(22)23;;/h1-7,10-11,15-16,18-19,26H,8-9,12-14H2,(H,27,28);2*1H. The van der Waals surface area contributed by atoms with Crippen molar-refractivity contribution in [2.45, 2.75) is 44.2 Å². The largest absolute Gasteiger partial charge is 0.457 e. The lowest BCUT2D eigenvalue weighted by molar-refractivity contribution is -0.117. The highest BCUT2D eigenvalue weighted by Gasteiger charge is 2.34. The van der Waals surface area contributed by atoms with Crippen LogP contribution in [0.25, 0.3) is 10.9 Å². The summed E-state index contributed by atoms with van der Waals surface area (Å²) in [5, 5.41) is 7.65. The topological polar surface area (TPSA) is 63.2 Å². The Bertz CT molecular complexity index is 1030. The number of amides is 1. The van der Waals surface area contributed by atoms with Crippen molar-refractivity contribution in [2.24, 2.45) is 5.92 Å². The number of benzene rings is 2. The van der Waals surface area contributed by atoms with Gasteiger partial charge in [0.1, 0.15) is 11.5 Å². The van der Waals surface area contributed by atoms with Gasteiger partial charge in [-0.1, -0.05) is 18.2 Å². The Kier molecular flexibility index (Phi) is 7.76. The minimum absolute atomic E-state index is 0. The van der Waals surface area contributed by atoms with Crippen LogP contribution in [0.5, 0.6) is 11.5 Å². The van der Waals surface area contributed by atoms with E-state index >= 15 is 0 Å². The zero-order chi connectivity index (χ0) is 19.6. The molecule has 3 heterocycles. The molecule has 2 aliphatic rings. The number of anilines is 1. The van der Waals surface area contributed by atoms with Gasteiger partial charge in [0.05, 0.1) is 5.52 Å². The Morgan fingerprint density at radius 1 is 1.03 bits per heavy atom. The van der Waals surface area contributed by atoms with Crippen molar-refractivity contribution in [3.63, 3.8) is 0 Å². The second-order valence-corrected chi connectivity index (χ2v) is 8.18. The number of ether oxygens (including phenoxy) is 1. The predicted molar refractivity (Wildman–Crippen MR) is 129 cm³/mol. The number of hydrogen-bond acceptors (Lipinski definition) is 4. The van der Waals surface area contributed by atoms with E-state index in [1.807, 2.05) is 54.6 Å². The number of carbonyl (C=O) groups excluding carboxylic acids is 1. The maximum atomic E-state index is 12.6. The average molecular weight is 460 g/mol. The summed E-state index contributed by atoms with van der Waals surface area (Å²) in [5.74, 6) is 2.02. The third kappa shape index (κ3) is 5.48. The molecule has 5 nitrogen and oxygen atoms in total. The number of aromatic nitrogens is 1. The van der Waals surface area contributed by atoms with E-state index in [1.165, 1.54) is 12.8 Å². The van der Waals surface area contributed by atoms with Crippen molar-refractivity contribution in [3.05, 3.63) is 60.8 Å². The van der Waals surface area contributed by atoms with Crippen LogP contribution in [0.15, 0.2) is 60.8 Å². The number of carbonyl (C=O) groups is 1. The first-order valence-corrected chi connectivity index (χ1v) is 10.4. The van der Waals surface area contributed by atoms with E-state index in [1.54, 1.807) is 6.20 Å². The van der Waals surface area contributed by atoms with E-state index < -0.39 is 0 Å². The smallest absolute Gasteiger partial charge is 0.224 e. The summed E-state index contributed by atoms with van der Waals surface area (Å²) in [6, 6.07) is 18.6. The number of halogens is 2. The first-order valence-electron chi connectivity index (χ1n) is 10.4. The van der Waals surface area contributed by atoms with Gasteiger partial charge in [0, 0.05) is 41.8 Å². The lowest BCUT2D eigenvalue weighted by Gasteiger charge is -2.28. The van der Waals surface area contributed by atoms with Crippen molar-refractivity contribution < 1.29 is 9.53 Å². The van der Waals surface area contributed by atoms with Crippen LogP contribution in [0.4, 0.5) is 5.69 Å². The predicted octanol–water partition coefficient (Wildman–Crippen LogP) is 5.73. The van der Waals surface area contributed by atoms with Crippen LogP contribution in [-0.4, -0.2) is 23.0 Å². The molecule has 2 fully saturated rings. The first kappa shape index (κ1) is 23.3. The quantitative estimate of drug-likeness (QED) is 0.511. The van der Waals surface area contributed by atoms with Gasteiger partial charge in [-0.3, -0.25) is 9.78 Å². The molecule has 0 radical (unpaired) electrons. The van der Waals surface area contributed by atoms with Gasteiger partial charge in [0.25, 0.3) is 0 Å². The second kappa shape index (κ2) is 10.3. The summed E-state index contributed by atoms with van der Waals surface area (Å²) in [6.07, 6.45) is 7.08. The molecule has 0 spiro atoms. The van der Waals surface area contributed by atoms with Gasteiger partial charge in [-0.15, -0.1) is 24.8 Å². The molecule has 2 unspecified atom stereocenters. The van der Waals surface area contributed by atoms with Crippen molar-refractivity contribution in [1.82, 2.24) is 10.3 Å². The van der Waals surface area contributed by atoms with Gasteiger partial charge in [-0.25, -0.2) is 0 Å². The molecular formula is C24H27Cl2N3O2. The van der Waals surface area contributed by atoms with E-state index in [0.717, 1.165) is 35.2 Å². The van der Waals surface area contributed by atoms with Crippen molar-refractivity contribution >= 4 is 47.3 Å². The molecule has 2 saturated heterocycles. The summed E-state index contributed by atoms with van der Waals surface area (Å²) >= 11 is 0. The highest BCUT2D eigenvalue weighted by molar-refractivity contribution is 5.91. The van der Waals surface area contributed by atoms with Crippen LogP contribution in [0.3, 0.4) is 0 Å². The van der Waals surface area contributed by atoms with Crippen LogP contribution in [-0.2, 0) is 4.79 Å². The fourth-order valence-corrected chi connectivity index (χ4v) is 4.74. The number of fused-ring (bicyclic) bond motifs is 3. The van der Waals surface area contributed by atoms with E-state index in [9.17, 15) is 4.79 Å². The third-order valence-corrected chi connectivity index (χ3v) is 6.00. The SMILES string of the molecule is Cl.Cl.O=C(CC1CC2CCC(C1)N2)Nc1cccc(Oc2ccnc3ccccc23)c1. The van der Waals surface area contributed by atoms with E-state index in [4.69, 9.17) is 4.74 Å². The second-order valence-electron chi connectivity index (χ2n) is 8.18. The molecule has 2 bridgehead atoms. The van der Waals surface area contributed by atoms with Gasteiger partial charge in [-0.2, -0.15) is 0 Å². The summed E-state index contributed by atoms with van der Waals surface area (Å²) < 4.78 is 6.10. The van der Waals surface area contributed by atoms with Crippen molar-refractivity contribution in [3.8, 4) is 11.5 Å². The van der Waals surface area contributed by atoms with Crippen LogP contribution in [0.1, 0.15) is 32.1 Å².